The first-order valence-corrected chi connectivity index (χ1v) is 11.7. The Morgan fingerprint density at radius 2 is 1.61 bits per heavy atom. The van der Waals surface area contributed by atoms with Crippen molar-refractivity contribution in [3.63, 3.8) is 0 Å². The van der Waals surface area contributed by atoms with Crippen molar-refractivity contribution in [2.45, 2.75) is 105 Å². The summed E-state index contributed by atoms with van der Waals surface area (Å²) < 4.78 is 38.3. The third-order valence-corrected chi connectivity index (χ3v) is 9.45. The van der Waals surface area contributed by atoms with E-state index >= 15 is 0 Å². The van der Waals surface area contributed by atoms with Gasteiger partial charge in [0, 0.05) is 19.3 Å². The number of halogens is 3. The molecule has 28 heavy (non-hydrogen) atoms. The molecule has 0 N–H and O–H groups in total. The van der Waals surface area contributed by atoms with Gasteiger partial charge in [-0.2, -0.15) is 13.2 Å². The Kier molecular flexibility index (Phi) is 6.29. The van der Waals surface area contributed by atoms with E-state index in [1.807, 2.05) is 13.8 Å². The van der Waals surface area contributed by atoms with Gasteiger partial charge in [-0.1, -0.05) is 27.7 Å². The molecule has 0 aromatic heterocycles. The summed E-state index contributed by atoms with van der Waals surface area (Å²) in [7, 11) is 0. The summed E-state index contributed by atoms with van der Waals surface area (Å²) in [5.41, 5.74) is 0.405. The van der Waals surface area contributed by atoms with E-state index in [4.69, 9.17) is 0 Å². The van der Waals surface area contributed by atoms with Gasteiger partial charge in [0.25, 0.3) is 0 Å². The summed E-state index contributed by atoms with van der Waals surface area (Å²) >= 11 is 0. The lowest BCUT2D eigenvalue weighted by Gasteiger charge is -2.60. The van der Waals surface area contributed by atoms with E-state index in [2.05, 4.69) is 13.8 Å². The van der Waals surface area contributed by atoms with E-state index in [-0.39, 0.29) is 11.3 Å². The molecule has 1 nitrogen and oxygen atoms in total. The molecule has 0 spiro atoms. The molecule has 0 heterocycles. The van der Waals surface area contributed by atoms with Crippen molar-refractivity contribution in [2.24, 2.45) is 40.4 Å². The van der Waals surface area contributed by atoms with E-state index in [0.29, 0.717) is 41.3 Å². The van der Waals surface area contributed by atoms with Crippen LogP contribution in [0.5, 0.6) is 0 Å². The molecule has 162 valence electrons. The largest absolute Gasteiger partial charge is 0.389 e. The highest BCUT2D eigenvalue weighted by molar-refractivity contribution is 5.79. The van der Waals surface area contributed by atoms with Crippen molar-refractivity contribution >= 4 is 5.78 Å². The van der Waals surface area contributed by atoms with Gasteiger partial charge in [-0.15, -0.1) is 0 Å². The molecule has 4 heteroatoms. The van der Waals surface area contributed by atoms with Crippen LogP contribution in [-0.2, 0) is 4.79 Å². The molecule has 0 aromatic rings. The van der Waals surface area contributed by atoms with Crippen molar-refractivity contribution in [3.05, 3.63) is 0 Å². The van der Waals surface area contributed by atoms with Crippen molar-refractivity contribution < 1.29 is 18.0 Å². The number of ketones is 1. The van der Waals surface area contributed by atoms with E-state index in [1.165, 1.54) is 12.8 Å². The Hall–Kier alpha value is -0.540. The average molecular weight is 401 g/mol. The number of carbonyl (C=O) groups excluding carboxylic acids is 1. The second-order valence-electron chi connectivity index (χ2n) is 10.4. The van der Waals surface area contributed by atoms with Crippen LogP contribution in [0.25, 0.3) is 0 Å². The van der Waals surface area contributed by atoms with Crippen LogP contribution in [0, 0.1) is 40.4 Å². The smallest absolute Gasteiger partial charge is 0.300 e. The van der Waals surface area contributed by atoms with Crippen LogP contribution in [0.4, 0.5) is 13.2 Å². The van der Waals surface area contributed by atoms with Crippen molar-refractivity contribution in [1.82, 2.24) is 0 Å². The van der Waals surface area contributed by atoms with Crippen LogP contribution >= 0.6 is 0 Å². The molecule has 7 atom stereocenters. The fraction of sp³-hybridized carbons (Fsp3) is 0.958. The zero-order valence-corrected chi connectivity index (χ0v) is 18.2. The zero-order valence-electron chi connectivity index (χ0n) is 18.2. The fourth-order valence-corrected chi connectivity index (χ4v) is 7.97. The maximum absolute atomic E-state index is 12.8. The summed E-state index contributed by atoms with van der Waals surface area (Å²) in [5, 5.41) is 0. The Morgan fingerprint density at radius 1 is 0.929 bits per heavy atom. The highest BCUT2D eigenvalue weighted by Crippen LogP contribution is 2.67. The monoisotopic (exact) mass is 400 g/mol. The molecule has 0 saturated heterocycles. The molecule has 0 amide bonds. The van der Waals surface area contributed by atoms with Gasteiger partial charge in [0.2, 0.25) is 0 Å². The third-order valence-electron chi connectivity index (χ3n) is 9.45. The Morgan fingerprint density at radius 3 is 2.29 bits per heavy atom. The number of hydrogen-bond donors (Lipinski definition) is 0. The lowest BCUT2D eigenvalue weighted by molar-refractivity contribution is -0.147. The fourth-order valence-electron chi connectivity index (χ4n) is 7.97. The van der Waals surface area contributed by atoms with Crippen LogP contribution in [0.3, 0.4) is 0 Å². The predicted molar refractivity (Wildman–Crippen MR) is 107 cm³/mol. The quantitative estimate of drug-likeness (QED) is 0.467. The number of carbonyl (C=O) groups is 1. The first-order chi connectivity index (χ1) is 13.1. The van der Waals surface area contributed by atoms with Gasteiger partial charge in [-0.3, -0.25) is 4.79 Å². The predicted octanol–water partition coefficient (Wildman–Crippen LogP) is 7.58. The normalized spacial score (nSPS) is 45.4. The summed E-state index contributed by atoms with van der Waals surface area (Å²) in [5.74, 6) is 3.22. The topological polar surface area (TPSA) is 17.1 Å². The molecule has 4 saturated carbocycles. The van der Waals surface area contributed by atoms with Crippen molar-refractivity contribution in [3.8, 4) is 0 Å². The van der Waals surface area contributed by atoms with Gasteiger partial charge >= 0.3 is 6.18 Å². The van der Waals surface area contributed by atoms with Crippen molar-refractivity contribution in [2.75, 3.05) is 0 Å². The van der Waals surface area contributed by atoms with E-state index in [1.54, 1.807) is 0 Å². The first-order valence-electron chi connectivity index (χ1n) is 11.7. The second-order valence-corrected chi connectivity index (χ2v) is 10.4. The molecule has 4 aliphatic carbocycles. The van der Waals surface area contributed by atoms with Crippen LogP contribution in [-0.4, -0.2) is 12.0 Å². The Balaban J connectivity index is 0.00000109. The van der Waals surface area contributed by atoms with Crippen LogP contribution in [0.15, 0.2) is 0 Å². The minimum atomic E-state index is -4.02. The van der Waals surface area contributed by atoms with Crippen LogP contribution in [0.1, 0.15) is 98.3 Å². The maximum Gasteiger partial charge on any atom is 0.389 e. The van der Waals surface area contributed by atoms with Gasteiger partial charge in [-0.05, 0) is 91.8 Å². The molecule has 4 fully saturated rings. The van der Waals surface area contributed by atoms with Gasteiger partial charge in [0.05, 0.1) is 0 Å². The zero-order chi connectivity index (χ0) is 20.7. The number of Topliss-reactive ketones (excluding diaryl/α,β-unsaturated/α-hetero) is 1. The van der Waals surface area contributed by atoms with Gasteiger partial charge < -0.3 is 0 Å². The molecular formula is C24H39F3O. The average Bonchev–Trinajstić information content (AvgIpc) is 2.98. The third kappa shape index (κ3) is 3.78. The number of alkyl halides is 3. The first kappa shape index (κ1) is 22.2. The van der Waals surface area contributed by atoms with Gasteiger partial charge in [-0.25, -0.2) is 0 Å². The minimum absolute atomic E-state index is 0.111. The van der Waals surface area contributed by atoms with Crippen LogP contribution in [0.2, 0.25) is 0 Å². The van der Waals surface area contributed by atoms with Gasteiger partial charge in [0.15, 0.2) is 0 Å². The van der Waals surface area contributed by atoms with Crippen molar-refractivity contribution in [1.29, 1.82) is 0 Å². The summed E-state index contributed by atoms with van der Waals surface area (Å²) in [6, 6.07) is 0. The molecule has 0 bridgehead atoms. The standard InChI is InChI=1S/C22H33F3O.C2H6/c1-20-11-9-19-17(5-3-15-13-16(26)8-10-21(15,19)2)18(20)6-4-14(20)7-12-22(23,24)25;1-2/h14-15,17-19H,3-13H2,1-2H3;1-2H3. The molecule has 0 aliphatic heterocycles. The Labute approximate surface area is 169 Å². The number of rotatable bonds is 2. The van der Waals surface area contributed by atoms with E-state index in [9.17, 15) is 18.0 Å². The second kappa shape index (κ2) is 7.95. The molecule has 0 radical (unpaired) electrons. The SMILES string of the molecule is CC.CC12CCC3C(CCC4CC(=O)CCC43C)C1CCC2CCC(F)(F)F. The van der Waals surface area contributed by atoms with Crippen LogP contribution < -0.4 is 0 Å². The molecule has 7 unspecified atom stereocenters. The molecular weight excluding hydrogens is 361 g/mol. The molecule has 4 aliphatic rings. The van der Waals surface area contributed by atoms with Gasteiger partial charge in [0.1, 0.15) is 5.78 Å². The Bertz CT molecular complexity index is 571. The number of fused-ring (bicyclic) bond motifs is 5. The summed E-state index contributed by atoms with van der Waals surface area (Å²) in [4.78, 5) is 12.0. The molecule has 0 aromatic carbocycles. The van der Waals surface area contributed by atoms with E-state index in [0.717, 1.165) is 44.9 Å². The number of hydrogen-bond acceptors (Lipinski definition) is 1. The lowest BCUT2D eigenvalue weighted by Crippen LogP contribution is -2.53. The summed E-state index contributed by atoms with van der Waals surface area (Å²) in [6.07, 6.45) is 4.97. The molecule has 4 rings (SSSR count). The van der Waals surface area contributed by atoms with E-state index < -0.39 is 12.6 Å². The lowest BCUT2D eigenvalue weighted by atomic mass is 9.44. The highest BCUT2D eigenvalue weighted by atomic mass is 19.4. The highest BCUT2D eigenvalue weighted by Gasteiger charge is 2.60. The minimum Gasteiger partial charge on any atom is -0.300 e. The summed E-state index contributed by atoms with van der Waals surface area (Å²) in [6.45, 7) is 8.74. The maximum atomic E-state index is 12.8.